The quantitative estimate of drug-likeness (QED) is 0.562. The van der Waals surface area contributed by atoms with Gasteiger partial charge >= 0.3 is 12.0 Å². The van der Waals surface area contributed by atoms with E-state index in [9.17, 15) is 19.2 Å². The lowest BCUT2D eigenvalue weighted by Gasteiger charge is -2.21. The first-order valence-electron chi connectivity index (χ1n) is 8.59. The lowest BCUT2D eigenvalue weighted by atomic mass is 9.95. The van der Waals surface area contributed by atoms with Gasteiger partial charge in [0.2, 0.25) is 0 Å². The summed E-state index contributed by atoms with van der Waals surface area (Å²) in [6.45, 7) is 2.96. The van der Waals surface area contributed by atoms with Gasteiger partial charge in [0, 0.05) is 17.6 Å². The number of urea groups is 1. The maximum absolute atomic E-state index is 12.5. The van der Waals surface area contributed by atoms with E-state index in [1.54, 1.807) is 18.5 Å². The van der Waals surface area contributed by atoms with Gasteiger partial charge in [-0.15, -0.1) is 11.3 Å². The lowest BCUT2D eigenvalue weighted by Crippen LogP contribution is -2.44. The number of nitrogens with zero attached hydrogens (tertiary/aromatic N) is 3. The van der Waals surface area contributed by atoms with Crippen LogP contribution in [-0.2, 0) is 20.9 Å². The predicted octanol–water partition coefficient (Wildman–Crippen LogP) is 1.30. The number of carbonyl (C=O) groups excluding carboxylic acids is 3. The molecule has 1 atom stereocenters. The van der Waals surface area contributed by atoms with Crippen molar-refractivity contribution >= 4 is 34.2 Å². The molecule has 3 heterocycles. The van der Waals surface area contributed by atoms with Crippen molar-refractivity contribution in [3.63, 3.8) is 0 Å². The van der Waals surface area contributed by atoms with Crippen molar-refractivity contribution in [3.05, 3.63) is 33.7 Å². The van der Waals surface area contributed by atoms with Crippen LogP contribution in [0.25, 0.3) is 4.96 Å². The summed E-state index contributed by atoms with van der Waals surface area (Å²) >= 11 is 1.29. The fourth-order valence-corrected chi connectivity index (χ4v) is 3.62. The van der Waals surface area contributed by atoms with Crippen LogP contribution in [0.2, 0.25) is 0 Å². The smallest absolute Gasteiger partial charge is 0.326 e. The normalized spacial score (nSPS) is 19.6. The molecule has 0 aromatic carbocycles. The molecule has 144 valence electrons. The first-order chi connectivity index (χ1) is 12.8. The average Bonchev–Trinajstić information content (AvgIpc) is 3.18. The predicted molar refractivity (Wildman–Crippen MR) is 97.3 cm³/mol. The summed E-state index contributed by atoms with van der Waals surface area (Å²) in [7, 11) is 0. The molecule has 1 saturated heterocycles. The summed E-state index contributed by atoms with van der Waals surface area (Å²) in [5.41, 5.74) is -0.956. The van der Waals surface area contributed by atoms with Crippen LogP contribution in [0.5, 0.6) is 0 Å². The molecule has 10 heteroatoms. The standard InChI is InChI=1S/C17H20N4O5S/c1-3-4-5-17(2)14(24)21(15(25)19-17)9-13(23)26-10-11-8-12(22)20-6-7-27-16(20)18-11/h6-8H,3-5,9-10H2,1-2H3,(H,19,25)/t17-/m0/s1. The number of carbonyl (C=O) groups is 3. The molecule has 2 aromatic rings. The zero-order valence-electron chi connectivity index (χ0n) is 15.1. The number of hydrogen-bond acceptors (Lipinski definition) is 7. The Kier molecular flexibility index (Phi) is 5.26. The van der Waals surface area contributed by atoms with Crippen LogP contribution in [-0.4, -0.2) is 44.3 Å². The molecular weight excluding hydrogens is 372 g/mol. The van der Waals surface area contributed by atoms with Crippen molar-refractivity contribution in [2.45, 2.75) is 45.3 Å². The fraction of sp³-hybridized carbons (Fsp3) is 0.471. The molecule has 0 unspecified atom stereocenters. The van der Waals surface area contributed by atoms with Gasteiger partial charge in [-0.1, -0.05) is 19.8 Å². The van der Waals surface area contributed by atoms with Gasteiger partial charge in [-0.05, 0) is 13.3 Å². The van der Waals surface area contributed by atoms with E-state index in [1.165, 1.54) is 21.8 Å². The SMILES string of the molecule is CCCC[C@]1(C)NC(=O)N(CC(=O)OCc2cc(=O)n3ccsc3n2)C1=O. The third-order valence-corrected chi connectivity index (χ3v) is 5.16. The van der Waals surface area contributed by atoms with Crippen LogP contribution in [0.4, 0.5) is 4.79 Å². The maximum atomic E-state index is 12.5. The lowest BCUT2D eigenvalue weighted by molar-refractivity contribution is -0.148. The summed E-state index contributed by atoms with van der Waals surface area (Å²) in [4.78, 5) is 54.1. The maximum Gasteiger partial charge on any atom is 0.326 e. The highest BCUT2D eigenvalue weighted by atomic mass is 32.1. The van der Waals surface area contributed by atoms with Gasteiger partial charge in [0.05, 0.1) is 5.69 Å². The Balaban J connectivity index is 1.61. The number of fused-ring (bicyclic) bond motifs is 1. The zero-order chi connectivity index (χ0) is 19.6. The molecule has 2 aromatic heterocycles. The molecule has 0 radical (unpaired) electrons. The zero-order valence-corrected chi connectivity index (χ0v) is 15.9. The van der Waals surface area contributed by atoms with E-state index in [-0.39, 0.29) is 12.2 Å². The van der Waals surface area contributed by atoms with Crippen LogP contribution >= 0.6 is 11.3 Å². The minimum atomic E-state index is -0.992. The highest BCUT2D eigenvalue weighted by molar-refractivity contribution is 7.15. The Labute approximate surface area is 158 Å². The minimum absolute atomic E-state index is 0.209. The van der Waals surface area contributed by atoms with Crippen LogP contribution in [0.3, 0.4) is 0 Å². The Morgan fingerprint density at radius 3 is 2.89 bits per heavy atom. The molecule has 27 heavy (non-hydrogen) atoms. The molecule has 3 rings (SSSR count). The van der Waals surface area contributed by atoms with E-state index >= 15 is 0 Å². The Bertz CT molecular complexity index is 952. The van der Waals surface area contributed by atoms with Crippen molar-refractivity contribution in [1.29, 1.82) is 0 Å². The number of thiazole rings is 1. The highest BCUT2D eigenvalue weighted by Gasteiger charge is 2.47. The Morgan fingerprint density at radius 2 is 2.15 bits per heavy atom. The summed E-state index contributed by atoms with van der Waals surface area (Å²) in [5.74, 6) is -1.18. The largest absolute Gasteiger partial charge is 0.458 e. The van der Waals surface area contributed by atoms with Gasteiger partial charge in [0.15, 0.2) is 4.96 Å². The van der Waals surface area contributed by atoms with E-state index in [0.29, 0.717) is 17.1 Å². The van der Waals surface area contributed by atoms with E-state index in [1.807, 2.05) is 6.92 Å². The molecule has 0 spiro atoms. The van der Waals surface area contributed by atoms with Gasteiger partial charge < -0.3 is 10.1 Å². The number of nitrogens with one attached hydrogen (secondary N) is 1. The van der Waals surface area contributed by atoms with E-state index in [0.717, 1.165) is 17.7 Å². The third kappa shape index (κ3) is 3.85. The summed E-state index contributed by atoms with van der Waals surface area (Å²) in [6.07, 6.45) is 3.79. The second-order valence-electron chi connectivity index (χ2n) is 6.56. The molecule has 9 nitrogen and oxygen atoms in total. The van der Waals surface area contributed by atoms with Crippen LogP contribution < -0.4 is 10.9 Å². The number of esters is 1. The Morgan fingerprint density at radius 1 is 1.37 bits per heavy atom. The Hall–Kier alpha value is -2.75. The second kappa shape index (κ2) is 7.47. The molecule has 3 amide bonds. The summed E-state index contributed by atoms with van der Waals surface area (Å²) in [6, 6.07) is 0.676. The van der Waals surface area contributed by atoms with Crippen molar-refractivity contribution in [2.75, 3.05) is 6.54 Å². The molecule has 1 aliphatic heterocycles. The fourth-order valence-electron chi connectivity index (χ4n) is 2.88. The van der Waals surface area contributed by atoms with Crippen LogP contribution in [0, 0.1) is 0 Å². The number of ether oxygens (including phenoxy) is 1. The molecule has 1 N–H and O–H groups in total. The third-order valence-electron chi connectivity index (χ3n) is 4.40. The summed E-state index contributed by atoms with van der Waals surface area (Å²) < 4.78 is 6.49. The monoisotopic (exact) mass is 392 g/mol. The number of aromatic nitrogens is 2. The topological polar surface area (TPSA) is 110 Å². The van der Waals surface area contributed by atoms with Gasteiger partial charge in [-0.2, -0.15) is 0 Å². The van der Waals surface area contributed by atoms with E-state index in [2.05, 4.69) is 10.3 Å². The molecule has 1 fully saturated rings. The molecule has 0 aliphatic carbocycles. The number of rotatable bonds is 7. The molecule has 1 aliphatic rings. The van der Waals surface area contributed by atoms with Crippen molar-refractivity contribution in [2.24, 2.45) is 0 Å². The van der Waals surface area contributed by atoms with E-state index < -0.39 is 30.0 Å². The first kappa shape index (κ1) is 19.0. The number of hydrogen-bond donors (Lipinski definition) is 1. The average molecular weight is 392 g/mol. The number of amides is 3. The van der Waals surface area contributed by atoms with Gasteiger partial charge in [-0.3, -0.25) is 23.7 Å². The van der Waals surface area contributed by atoms with Crippen molar-refractivity contribution in [3.8, 4) is 0 Å². The second-order valence-corrected chi connectivity index (χ2v) is 7.43. The summed E-state index contributed by atoms with van der Waals surface area (Å²) in [5, 5.41) is 4.37. The molecular formula is C17H20N4O5S. The number of imide groups is 1. The molecule has 0 bridgehead atoms. The van der Waals surface area contributed by atoms with Crippen LogP contribution in [0.15, 0.2) is 22.4 Å². The highest BCUT2D eigenvalue weighted by Crippen LogP contribution is 2.23. The minimum Gasteiger partial charge on any atom is -0.458 e. The van der Waals surface area contributed by atoms with Crippen molar-refractivity contribution < 1.29 is 19.1 Å². The first-order valence-corrected chi connectivity index (χ1v) is 9.47. The van der Waals surface area contributed by atoms with Crippen molar-refractivity contribution in [1.82, 2.24) is 19.6 Å². The molecule has 0 saturated carbocycles. The number of unbranched alkanes of at least 4 members (excludes halogenated alkanes) is 1. The van der Waals surface area contributed by atoms with Gasteiger partial charge in [0.1, 0.15) is 18.7 Å². The van der Waals surface area contributed by atoms with Gasteiger partial charge in [-0.25, -0.2) is 9.78 Å². The van der Waals surface area contributed by atoms with Crippen LogP contribution in [0.1, 0.15) is 38.8 Å². The van der Waals surface area contributed by atoms with E-state index in [4.69, 9.17) is 4.74 Å². The van der Waals surface area contributed by atoms with Gasteiger partial charge in [0.25, 0.3) is 11.5 Å².